The van der Waals surface area contributed by atoms with E-state index in [-0.39, 0.29) is 17.5 Å². The molecule has 3 aliphatic rings. The van der Waals surface area contributed by atoms with E-state index < -0.39 is 23.4 Å². The summed E-state index contributed by atoms with van der Waals surface area (Å²) in [6, 6.07) is 19.4. The number of aryl methyl sites for hydroxylation is 1. The fourth-order valence-corrected chi connectivity index (χ4v) is 7.08. The molecule has 1 spiro atoms. The van der Waals surface area contributed by atoms with E-state index in [9.17, 15) is 14.4 Å². The number of halogens is 1. The first-order valence-electron chi connectivity index (χ1n) is 13.7. The highest BCUT2D eigenvalue weighted by atomic mass is 35.5. The number of para-hydroxylation sites is 1. The van der Waals surface area contributed by atoms with Gasteiger partial charge in [-0.1, -0.05) is 86.0 Å². The Kier molecular flexibility index (Phi) is 6.43. The predicted molar refractivity (Wildman–Crippen MR) is 155 cm³/mol. The molecule has 0 aliphatic carbocycles. The highest BCUT2D eigenvalue weighted by Gasteiger charge is 2.69. The molecule has 5 nitrogen and oxygen atoms in total. The topological polar surface area (TPSA) is 66.5 Å². The molecule has 3 aromatic carbocycles. The third-order valence-corrected chi connectivity index (χ3v) is 8.84. The quantitative estimate of drug-likeness (QED) is 0.271. The molecule has 1 fully saturated rings. The normalized spacial score (nSPS) is 24.3. The first-order chi connectivity index (χ1) is 18.9. The molecule has 3 aromatic rings. The zero-order valence-corrected chi connectivity index (χ0v) is 22.9. The Bertz CT molecular complexity index is 1510. The summed E-state index contributed by atoms with van der Waals surface area (Å²) in [6.07, 6.45) is 8.29. The lowest BCUT2D eigenvalue weighted by molar-refractivity contribution is -0.122. The van der Waals surface area contributed by atoms with E-state index in [4.69, 9.17) is 11.6 Å². The monoisotopic (exact) mass is 538 g/mol. The van der Waals surface area contributed by atoms with Crippen LogP contribution in [0, 0.1) is 5.92 Å². The number of nitrogens with one attached hydrogen (secondary N) is 1. The summed E-state index contributed by atoms with van der Waals surface area (Å²) in [5.74, 6) is -1.51. The Labute approximate surface area is 233 Å². The van der Waals surface area contributed by atoms with Crippen molar-refractivity contribution in [3.63, 3.8) is 0 Å². The number of unbranched alkanes of at least 4 members (excludes halogenated alkanes) is 2. The molecule has 4 atom stereocenters. The highest BCUT2D eigenvalue weighted by Crippen LogP contribution is 2.57. The first kappa shape index (κ1) is 25.6. The number of carbonyl (C=O) groups excluding carboxylic acids is 3. The van der Waals surface area contributed by atoms with Gasteiger partial charge in [0.1, 0.15) is 5.41 Å². The van der Waals surface area contributed by atoms with Gasteiger partial charge in [0.2, 0.25) is 5.91 Å². The van der Waals surface area contributed by atoms with Crippen LogP contribution in [0.1, 0.15) is 60.2 Å². The van der Waals surface area contributed by atoms with Gasteiger partial charge in [-0.25, -0.2) is 0 Å². The molecule has 1 saturated heterocycles. The van der Waals surface area contributed by atoms with Crippen LogP contribution in [0.25, 0.3) is 6.08 Å². The SMILES string of the molecule is CCCCCc1ccc(C(=O)[C@@H]2[C@H](C(C)=O)N3c4ccc(Cl)cc4C=CC3[C@@]23C(=O)Nc2ccccc23)cc1. The third kappa shape index (κ3) is 3.86. The van der Waals surface area contributed by atoms with Crippen molar-refractivity contribution in [2.75, 3.05) is 10.2 Å². The number of hydrogen-bond donors (Lipinski definition) is 1. The number of hydrogen-bond acceptors (Lipinski definition) is 4. The lowest BCUT2D eigenvalue weighted by Gasteiger charge is -2.37. The van der Waals surface area contributed by atoms with Crippen molar-refractivity contribution in [1.29, 1.82) is 0 Å². The van der Waals surface area contributed by atoms with E-state index in [0.717, 1.165) is 42.5 Å². The minimum atomic E-state index is -1.27. The maximum atomic E-state index is 14.6. The van der Waals surface area contributed by atoms with Gasteiger partial charge in [-0.3, -0.25) is 14.4 Å². The molecule has 3 aliphatic heterocycles. The van der Waals surface area contributed by atoms with Crippen molar-refractivity contribution < 1.29 is 14.4 Å². The maximum absolute atomic E-state index is 14.6. The molecule has 3 heterocycles. The molecule has 39 heavy (non-hydrogen) atoms. The number of fused-ring (bicyclic) bond motifs is 6. The van der Waals surface area contributed by atoms with Gasteiger partial charge < -0.3 is 10.2 Å². The Hall–Kier alpha value is -3.70. The molecule has 6 heteroatoms. The van der Waals surface area contributed by atoms with Gasteiger partial charge >= 0.3 is 0 Å². The van der Waals surface area contributed by atoms with Crippen molar-refractivity contribution in [2.45, 2.75) is 57.0 Å². The van der Waals surface area contributed by atoms with Gasteiger partial charge in [0.25, 0.3) is 0 Å². The van der Waals surface area contributed by atoms with E-state index >= 15 is 0 Å². The number of carbonyl (C=O) groups is 3. The summed E-state index contributed by atoms with van der Waals surface area (Å²) in [6.45, 7) is 3.70. The number of Topliss-reactive ketones (excluding diaryl/α,β-unsaturated/α-hetero) is 2. The largest absolute Gasteiger partial charge is 0.352 e. The zero-order valence-electron chi connectivity index (χ0n) is 22.1. The van der Waals surface area contributed by atoms with Crippen molar-refractivity contribution in [2.24, 2.45) is 5.92 Å². The van der Waals surface area contributed by atoms with E-state index in [2.05, 4.69) is 12.2 Å². The molecular formula is C33H31ClN2O3. The Morgan fingerprint density at radius 3 is 2.54 bits per heavy atom. The van der Waals surface area contributed by atoms with Crippen LogP contribution in [-0.4, -0.2) is 29.6 Å². The van der Waals surface area contributed by atoms with E-state index in [1.165, 1.54) is 12.5 Å². The molecule has 1 N–H and O–H groups in total. The van der Waals surface area contributed by atoms with Crippen LogP contribution in [0.3, 0.4) is 0 Å². The number of rotatable bonds is 7. The Morgan fingerprint density at radius 1 is 1.03 bits per heavy atom. The number of anilines is 2. The second kappa shape index (κ2) is 9.80. The lowest BCUT2D eigenvalue weighted by Crippen LogP contribution is -2.51. The lowest BCUT2D eigenvalue weighted by atomic mass is 9.64. The van der Waals surface area contributed by atoms with Crippen molar-refractivity contribution >= 4 is 46.5 Å². The van der Waals surface area contributed by atoms with Crippen molar-refractivity contribution in [3.8, 4) is 0 Å². The second-order valence-electron chi connectivity index (χ2n) is 10.8. The van der Waals surface area contributed by atoms with E-state index in [1.807, 2.05) is 77.7 Å². The predicted octanol–water partition coefficient (Wildman–Crippen LogP) is 6.63. The van der Waals surface area contributed by atoms with E-state index in [0.29, 0.717) is 16.3 Å². The van der Waals surface area contributed by atoms with Crippen LogP contribution < -0.4 is 10.2 Å². The minimum absolute atomic E-state index is 0.153. The van der Waals surface area contributed by atoms with Gasteiger partial charge in [-0.05, 0) is 60.7 Å². The molecule has 0 bridgehead atoms. The summed E-state index contributed by atoms with van der Waals surface area (Å²) in [5.41, 5.74) is 3.53. The first-order valence-corrected chi connectivity index (χ1v) is 14.1. The zero-order chi connectivity index (χ0) is 27.3. The summed E-state index contributed by atoms with van der Waals surface area (Å²) in [7, 11) is 0. The van der Waals surface area contributed by atoms with Crippen LogP contribution in [-0.2, 0) is 21.4 Å². The summed E-state index contributed by atoms with van der Waals surface area (Å²) in [5, 5.41) is 3.63. The molecule has 0 radical (unpaired) electrons. The molecule has 0 aromatic heterocycles. The fourth-order valence-electron chi connectivity index (χ4n) is 6.90. The summed E-state index contributed by atoms with van der Waals surface area (Å²) < 4.78 is 0. The molecule has 6 rings (SSSR count). The summed E-state index contributed by atoms with van der Waals surface area (Å²) >= 11 is 6.30. The maximum Gasteiger partial charge on any atom is 0.238 e. The Balaban J connectivity index is 1.52. The van der Waals surface area contributed by atoms with Gasteiger partial charge in [0, 0.05) is 22.0 Å². The smallest absolute Gasteiger partial charge is 0.238 e. The number of benzene rings is 3. The van der Waals surface area contributed by atoms with Gasteiger partial charge in [-0.15, -0.1) is 0 Å². The number of ketones is 2. The fraction of sp³-hybridized carbons (Fsp3) is 0.303. The van der Waals surface area contributed by atoms with Crippen LogP contribution in [0.5, 0.6) is 0 Å². The molecule has 1 amide bonds. The average molecular weight is 539 g/mol. The summed E-state index contributed by atoms with van der Waals surface area (Å²) in [4.78, 5) is 44.2. The second-order valence-corrected chi connectivity index (χ2v) is 11.3. The third-order valence-electron chi connectivity index (χ3n) is 8.60. The Morgan fingerprint density at radius 2 is 1.79 bits per heavy atom. The molecule has 0 saturated carbocycles. The standard InChI is InChI=1S/C33H31ClN2O3/c1-3-4-5-8-21-11-13-22(14-12-21)31(38)29-30(20(2)37)36-27-17-16-24(34)19-23(27)15-18-28(36)33(29)25-9-6-7-10-26(25)35-32(33)39/h6-7,9-19,28-30H,3-5,8H2,1-2H3,(H,35,39)/t28?,29-,30-,33+/m0/s1. The molecular weight excluding hydrogens is 508 g/mol. The molecule has 198 valence electrons. The molecule has 1 unspecified atom stereocenters. The number of nitrogens with zero attached hydrogens (tertiary/aromatic N) is 1. The van der Waals surface area contributed by atoms with Crippen LogP contribution in [0.15, 0.2) is 72.8 Å². The van der Waals surface area contributed by atoms with Gasteiger partial charge in [0.15, 0.2) is 11.6 Å². The number of amides is 1. The van der Waals surface area contributed by atoms with Gasteiger partial charge in [-0.2, -0.15) is 0 Å². The van der Waals surface area contributed by atoms with Crippen LogP contribution >= 0.6 is 11.6 Å². The minimum Gasteiger partial charge on any atom is -0.352 e. The van der Waals surface area contributed by atoms with Crippen molar-refractivity contribution in [3.05, 3.63) is 100 Å². The van der Waals surface area contributed by atoms with Crippen LogP contribution in [0.4, 0.5) is 11.4 Å². The average Bonchev–Trinajstić information content (AvgIpc) is 3.41. The van der Waals surface area contributed by atoms with Crippen LogP contribution in [0.2, 0.25) is 5.02 Å². The van der Waals surface area contributed by atoms with E-state index in [1.54, 1.807) is 6.07 Å². The highest BCUT2D eigenvalue weighted by molar-refractivity contribution is 6.31. The van der Waals surface area contributed by atoms with Crippen molar-refractivity contribution in [1.82, 2.24) is 0 Å². The van der Waals surface area contributed by atoms with Gasteiger partial charge in [0.05, 0.1) is 18.0 Å².